The molecule has 1 N–H and O–H groups in total. The predicted molar refractivity (Wildman–Crippen MR) is 113 cm³/mol. The molecule has 5 heteroatoms. The van der Waals surface area contributed by atoms with Crippen molar-refractivity contribution < 1.29 is 4.79 Å². The number of hydrogen-bond acceptors (Lipinski definition) is 3. The van der Waals surface area contributed by atoms with Crippen LogP contribution in [0.25, 0.3) is 0 Å². The van der Waals surface area contributed by atoms with Gasteiger partial charge in [0, 0.05) is 22.3 Å². The normalized spacial score (nSPS) is 10.8. The van der Waals surface area contributed by atoms with Crippen molar-refractivity contribution in [1.29, 1.82) is 0 Å². The van der Waals surface area contributed by atoms with Crippen molar-refractivity contribution in [2.75, 3.05) is 18.0 Å². The Morgan fingerprint density at radius 2 is 1.72 bits per heavy atom. The number of hydrogen-bond donors (Lipinski definition) is 1. The maximum atomic E-state index is 12.1. The van der Waals surface area contributed by atoms with Crippen molar-refractivity contribution in [2.45, 2.75) is 26.7 Å². The fraction of sp³-hybridized carbons (Fsp3) is 0.300. The highest BCUT2D eigenvalue weighted by molar-refractivity contribution is 14.1. The smallest absolute Gasteiger partial charge is 0.272 e. The standard InChI is InChI=1S/C20H24IN3O/c1-3-13-24(14-4-2)17-11-9-16(10-12-17)15-22-23-20(25)18-7-5-6-8-19(18)21/h5-12,15H,3-4,13-14H2,1-2H3,(H,23,25). The molecule has 2 aromatic rings. The fourth-order valence-corrected chi connectivity index (χ4v) is 3.18. The van der Waals surface area contributed by atoms with Crippen LogP contribution in [0.1, 0.15) is 42.6 Å². The second-order valence-corrected chi connectivity index (χ2v) is 6.92. The van der Waals surface area contributed by atoms with Crippen LogP contribution in [0, 0.1) is 3.57 Å². The summed E-state index contributed by atoms with van der Waals surface area (Å²) in [5.74, 6) is -0.199. The number of carbonyl (C=O) groups excluding carboxylic acids is 1. The summed E-state index contributed by atoms with van der Waals surface area (Å²) in [5.41, 5.74) is 5.40. The highest BCUT2D eigenvalue weighted by Gasteiger charge is 2.07. The second-order valence-electron chi connectivity index (χ2n) is 5.76. The third-order valence-corrected chi connectivity index (χ3v) is 4.68. The minimum atomic E-state index is -0.199. The molecule has 0 aromatic heterocycles. The van der Waals surface area contributed by atoms with Gasteiger partial charge in [-0.05, 0) is 65.3 Å². The van der Waals surface area contributed by atoms with E-state index < -0.39 is 0 Å². The van der Waals surface area contributed by atoms with Gasteiger partial charge in [-0.25, -0.2) is 5.43 Å². The van der Waals surface area contributed by atoms with Crippen LogP contribution in [0.3, 0.4) is 0 Å². The average Bonchev–Trinajstić information content (AvgIpc) is 2.62. The largest absolute Gasteiger partial charge is 0.372 e. The first-order valence-electron chi connectivity index (χ1n) is 8.58. The molecule has 0 bridgehead atoms. The molecular formula is C20H24IN3O. The Morgan fingerprint density at radius 1 is 1.08 bits per heavy atom. The molecule has 2 aromatic carbocycles. The second kappa shape index (κ2) is 10.2. The SMILES string of the molecule is CCCN(CCC)c1ccc(C=NNC(=O)c2ccccc2I)cc1. The van der Waals surface area contributed by atoms with Gasteiger partial charge in [0.1, 0.15) is 0 Å². The zero-order valence-electron chi connectivity index (χ0n) is 14.7. The monoisotopic (exact) mass is 449 g/mol. The number of amides is 1. The van der Waals surface area contributed by atoms with Crippen LogP contribution in [-0.2, 0) is 0 Å². The summed E-state index contributed by atoms with van der Waals surface area (Å²) in [5, 5.41) is 4.06. The molecule has 0 atom stereocenters. The summed E-state index contributed by atoms with van der Waals surface area (Å²) in [6.07, 6.45) is 3.93. The van der Waals surface area contributed by atoms with Crippen LogP contribution < -0.4 is 10.3 Å². The quantitative estimate of drug-likeness (QED) is 0.361. The van der Waals surface area contributed by atoms with Gasteiger partial charge >= 0.3 is 0 Å². The molecule has 1 amide bonds. The van der Waals surface area contributed by atoms with Crippen LogP contribution in [0.15, 0.2) is 53.6 Å². The summed E-state index contributed by atoms with van der Waals surface area (Å²) < 4.78 is 0.907. The maximum Gasteiger partial charge on any atom is 0.272 e. The van der Waals surface area contributed by atoms with E-state index in [1.54, 1.807) is 12.3 Å². The highest BCUT2D eigenvalue weighted by atomic mass is 127. The molecule has 0 aliphatic rings. The molecule has 0 unspecified atom stereocenters. The van der Waals surface area contributed by atoms with Crippen LogP contribution in [0.4, 0.5) is 5.69 Å². The Kier molecular flexibility index (Phi) is 7.91. The molecule has 0 heterocycles. The van der Waals surface area contributed by atoms with E-state index in [0.717, 1.165) is 35.1 Å². The van der Waals surface area contributed by atoms with E-state index in [1.807, 2.05) is 30.3 Å². The van der Waals surface area contributed by atoms with Gasteiger partial charge in [-0.3, -0.25) is 4.79 Å². The average molecular weight is 449 g/mol. The van der Waals surface area contributed by atoms with Crippen LogP contribution in [0.2, 0.25) is 0 Å². The number of halogens is 1. The molecule has 0 aliphatic carbocycles. The lowest BCUT2D eigenvalue weighted by Gasteiger charge is -2.23. The number of rotatable bonds is 8. The molecule has 0 spiro atoms. The van der Waals surface area contributed by atoms with E-state index in [0.29, 0.717) is 5.56 Å². The van der Waals surface area contributed by atoms with E-state index in [4.69, 9.17) is 0 Å². The first-order valence-corrected chi connectivity index (χ1v) is 9.66. The molecule has 0 fully saturated rings. The molecule has 25 heavy (non-hydrogen) atoms. The van der Waals surface area contributed by atoms with Gasteiger partial charge in [-0.1, -0.05) is 38.1 Å². The summed E-state index contributed by atoms with van der Waals surface area (Å²) >= 11 is 2.14. The third-order valence-electron chi connectivity index (χ3n) is 3.74. The highest BCUT2D eigenvalue weighted by Crippen LogP contribution is 2.15. The molecule has 0 saturated heterocycles. The van der Waals surface area contributed by atoms with E-state index in [-0.39, 0.29) is 5.91 Å². The van der Waals surface area contributed by atoms with Gasteiger partial charge in [0.05, 0.1) is 11.8 Å². The number of nitrogens with one attached hydrogen (secondary N) is 1. The molecule has 0 aliphatic heterocycles. The van der Waals surface area contributed by atoms with E-state index in [2.05, 4.69) is 64.0 Å². The van der Waals surface area contributed by atoms with Gasteiger partial charge in [0.15, 0.2) is 0 Å². The summed E-state index contributed by atoms with van der Waals surface area (Å²) in [7, 11) is 0. The minimum Gasteiger partial charge on any atom is -0.372 e. The van der Waals surface area contributed by atoms with Crippen LogP contribution in [-0.4, -0.2) is 25.2 Å². The number of carbonyl (C=O) groups is 1. The maximum absolute atomic E-state index is 12.1. The van der Waals surface area contributed by atoms with Crippen molar-refractivity contribution in [1.82, 2.24) is 5.43 Å². The van der Waals surface area contributed by atoms with E-state index >= 15 is 0 Å². The molecule has 132 valence electrons. The number of hydrazone groups is 1. The van der Waals surface area contributed by atoms with E-state index in [9.17, 15) is 4.79 Å². The predicted octanol–water partition coefficient (Wildman–Crippen LogP) is 4.68. The lowest BCUT2D eigenvalue weighted by atomic mass is 10.2. The number of nitrogens with zero attached hydrogens (tertiary/aromatic N) is 2. The van der Waals surface area contributed by atoms with Crippen molar-refractivity contribution in [2.24, 2.45) is 5.10 Å². The molecule has 0 saturated carbocycles. The van der Waals surface area contributed by atoms with E-state index in [1.165, 1.54) is 5.69 Å². The van der Waals surface area contributed by atoms with Gasteiger partial charge in [-0.2, -0.15) is 5.10 Å². The lowest BCUT2D eigenvalue weighted by Crippen LogP contribution is -2.24. The Morgan fingerprint density at radius 3 is 2.32 bits per heavy atom. The van der Waals surface area contributed by atoms with Crippen molar-refractivity contribution in [3.05, 3.63) is 63.2 Å². The molecule has 4 nitrogen and oxygen atoms in total. The van der Waals surface area contributed by atoms with Crippen molar-refractivity contribution >= 4 is 40.4 Å². The van der Waals surface area contributed by atoms with Crippen LogP contribution >= 0.6 is 22.6 Å². The topological polar surface area (TPSA) is 44.7 Å². The van der Waals surface area contributed by atoms with Gasteiger partial charge in [0.2, 0.25) is 0 Å². The van der Waals surface area contributed by atoms with Gasteiger partial charge in [0.25, 0.3) is 5.91 Å². The number of anilines is 1. The zero-order chi connectivity index (χ0) is 18.1. The summed E-state index contributed by atoms with van der Waals surface area (Å²) in [6.45, 7) is 6.51. The molecular weight excluding hydrogens is 425 g/mol. The van der Waals surface area contributed by atoms with Crippen LogP contribution in [0.5, 0.6) is 0 Å². The van der Waals surface area contributed by atoms with Crippen molar-refractivity contribution in [3.63, 3.8) is 0 Å². The summed E-state index contributed by atoms with van der Waals surface area (Å²) in [4.78, 5) is 14.5. The summed E-state index contributed by atoms with van der Waals surface area (Å²) in [6, 6.07) is 15.7. The Balaban J connectivity index is 1.97. The third kappa shape index (κ3) is 5.85. The fourth-order valence-electron chi connectivity index (χ4n) is 2.55. The lowest BCUT2D eigenvalue weighted by molar-refractivity contribution is 0.0954. The minimum absolute atomic E-state index is 0.199. The van der Waals surface area contributed by atoms with Gasteiger partial charge in [-0.15, -0.1) is 0 Å². The Hall–Kier alpha value is -1.89. The first kappa shape index (κ1) is 19.4. The Bertz CT molecular complexity index is 707. The van der Waals surface area contributed by atoms with Gasteiger partial charge < -0.3 is 4.90 Å². The Labute approximate surface area is 163 Å². The molecule has 0 radical (unpaired) electrons. The first-order chi connectivity index (χ1) is 12.2. The molecule has 2 rings (SSSR count). The van der Waals surface area contributed by atoms with Crippen molar-refractivity contribution in [3.8, 4) is 0 Å². The number of benzene rings is 2. The zero-order valence-corrected chi connectivity index (χ0v) is 16.9.